The number of para-hydroxylation sites is 2. The van der Waals surface area contributed by atoms with Crippen LogP contribution in [0.4, 0.5) is 18.9 Å². The first-order valence-corrected chi connectivity index (χ1v) is 8.51. The molecule has 0 bridgehead atoms. The van der Waals surface area contributed by atoms with Crippen LogP contribution in [0.25, 0.3) is 0 Å². The van der Waals surface area contributed by atoms with E-state index in [4.69, 9.17) is 4.74 Å². The molecule has 4 nitrogen and oxygen atoms in total. The van der Waals surface area contributed by atoms with E-state index >= 15 is 0 Å². The molecule has 0 atom stereocenters. The van der Waals surface area contributed by atoms with Crippen molar-refractivity contribution in [2.45, 2.75) is 12.9 Å². The maximum Gasteiger partial charge on any atom is 0.573 e. The van der Waals surface area contributed by atoms with Crippen LogP contribution in [0.5, 0.6) is 11.5 Å². The van der Waals surface area contributed by atoms with E-state index in [-0.39, 0.29) is 5.75 Å². The molecule has 0 aromatic heterocycles. The van der Waals surface area contributed by atoms with Gasteiger partial charge in [0.05, 0.1) is 39.0 Å². The van der Waals surface area contributed by atoms with Crippen LogP contribution in [0.2, 0.25) is 0 Å². The summed E-state index contributed by atoms with van der Waals surface area (Å²) in [5, 5.41) is 0. The molecule has 2 aromatic rings. The highest BCUT2D eigenvalue weighted by Gasteiger charge is 2.31. The summed E-state index contributed by atoms with van der Waals surface area (Å²) in [6.45, 7) is 4.51. The monoisotopic (exact) mass is 367 g/mol. The Labute approximate surface area is 150 Å². The van der Waals surface area contributed by atoms with Crippen molar-refractivity contribution in [3.8, 4) is 11.5 Å². The third-order valence-electron chi connectivity index (χ3n) is 4.51. The van der Waals surface area contributed by atoms with Gasteiger partial charge in [0, 0.05) is 5.56 Å². The minimum Gasteiger partial charge on any atom is -0.495 e. The number of piperazine rings is 1. The largest absolute Gasteiger partial charge is 0.573 e. The lowest BCUT2D eigenvalue weighted by atomic mass is 10.1. The second-order valence-corrected chi connectivity index (χ2v) is 6.28. The Balaban J connectivity index is 1.54. The van der Waals surface area contributed by atoms with Crippen LogP contribution >= 0.6 is 0 Å². The first kappa shape index (κ1) is 18.4. The fourth-order valence-corrected chi connectivity index (χ4v) is 3.23. The first-order valence-electron chi connectivity index (χ1n) is 8.51. The van der Waals surface area contributed by atoms with Gasteiger partial charge in [0.15, 0.2) is 0 Å². The number of ether oxygens (including phenoxy) is 2. The number of halogens is 3. The second kappa shape index (κ2) is 7.86. The minimum absolute atomic E-state index is 0.183. The number of methoxy groups -OCH3 is 1. The zero-order chi connectivity index (χ0) is 18.6. The lowest BCUT2D eigenvalue weighted by molar-refractivity contribution is -0.914. The summed E-state index contributed by atoms with van der Waals surface area (Å²) in [6, 6.07) is 14.1. The molecule has 0 aliphatic carbocycles. The minimum atomic E-state index is -4.65. The van der Waals surface area contributed by atoms with E-state index in [0.717, 1.165) is 49.7 Å². The normalized spacial score (nSPS) is 15.8. The summed E-state index contributed by atoms with van der Waals surface area (Å²) >= 11 is 0. The molecule has 1 aliphatic heterocycles. The summed E-state index contributed by atoms with van der Waals surface area (Å²) in [4.78, 5) is 3.71. The van der Waals surface area contributed by atoms with Crippen molar-refractivity contribution in [1.29, 1.82) is 0 Å². The Bertz CT molecular complexity index is 711. The third-order valence-corrected chi connectivity index (χ3v) is 4.51. The third kappa shape index (κ3) is 4.82. The molecule has 0 saturated carbocycles. The zero-order valence-electron chi connectivity index (χ0n) is 14.6. The topological polar surface area (TPSA) is 26.1 Å². The van der Waals surface area contributed by atoms with E-state index in [9.17, 15) is 13.2 Å². The molecule has 1 N–H and O–H groups in total. The highest BCUT2D eigenvalue weighted by Crippen LogP contribution is 2.27. The predicted molar refractivity (Wildman–Crippen MR) is 92.7 cm³/mol. The molecule has 140 valence electrons. The van der Waals surface area contributed by atoms with Crippen molar-refractivity contribution >= 4 is 5.69 Å². The fourth-order valence-electron chi connectivity index (χ4n) is 3.23. The molecule has 0 amide bonds. The van der Waals surface area contributed by atoms with E-state index in [1.54, 1.807) is 19.2 Å². The smallest absolute Gasteiger partial charge is 0.495 e. The lowest BCUT2D eigenvalue weighted by Crippen LogP contribution is -3.13. The van der Waals surface area contributed by atoms with Crippen LogP contribution < -0.4 is 19.3 Å². The van der Waals surface area contributed by atoms with Gasteiger partial charge in [0.2, 0.25) is 0 Å². The van der Waals surface area contributed by atoms with Crippen LogP contribution in [-0.2, 0) is 6.54 Å². The van der Waals surface area contributed by atoms with Gasteiger partial charge < -0.3 is 19.3 Å². The van der Waals surface area contributed by atoms with Crippen molar-refractivity contribution in [1.82, 2.24) is 0 Å². The van der Waals surface area contributed by atoms with Crippen molar-refractivity contribution in [3.63, 3.8) is 0 Å². The standard InChI is InChI=1S/C19H21F3N2O2/c1-25-18-5-3-2-4-17(18)24-12-10-23(11-13-24)14-15-6-8-16(9-7-15)26-19(20,21)22/h2-9H,10-14H2,1H3/p+1. The van der Waals surface area contributed by atoms with Gasteiger partial charge in [-0.25, -0.2) is 0 Å². The second-order valence-electron chi connectivity index (χ2n) is 6.28. The maximum atomic E-state index is 12.2. The molecule has 7 heteroatoms. The average molecular weight is 367 g/mol. The molecular weight excluding hydrogens is 345 g/mol. The summed E-state index contributed by atoms with van der Waals surface area (Å²) in [5.41, 5.74) is 2.10. The average Bonchev–Trinajstić information content (AvgIpc) is 2.63. The van der Waals surface area contributed by atoms with Crippen molar-refractivity contribution < 1.29 is 27.5 Å². The molecule has 0 spiro atoms. The van der Waals surface area contributed by atoms with Gasteiger partial charge in [-0.3, -0.25) is 0 Å². The van der Waals surface area contributed by atoms with Crippen LogP contribution in [0.3, 0.4) is 0 Å². The number of nitrogens with one attached hydrogen (secondary N) is 1. The first-order chi connectivity index (χ1) is 12.4. The predicted octanol–water partition coefficient (Wildman–Crippen LogP) is 2.50. The number of quaternary nitrogens is 1. The molecule has 2 aromatic carbocycles. The Morgan fingerprint density at radius 2 is 1.65 bits per heavy atom. The molecule has 1 saturated heterocycles. The molecule has 1 fully saturated rings. The zero-order valence-corrected chi connectivity index (χ0v) is 14.6. The van der Waals surface area contributed by atoms with E-state index in [1.807, 2.05) is 18.2 Å². The van der Waals surface area contributed by atoms with Crippen molar-refractivity contribution in [2.24, 2.45) is 0 Å². The Hall–Kier alpha value is -2.41. The molecule has 26 heavy (non-hydrogen) atoms. The number of hydrogen-bond acceptors (Lipinski definition) is 3. The number of benzene rings is 2. The van der Waals surface area contributed by atoms with E-state index in [1.165, 1.54) is 17.0 Å². The van der Waals surface area contributed by atoms with E-state index in [2.05, 4.69) is 15.7 Å². The summed E-state index contributed by atoms with van der Waals surface area (Å²) in [7, 11) is 1.67. The Morgan fingerprint density at radius 1 is 1.00 bits per heavy atom. The van der Waals surface area contributed by atoms with Gasteiger partial charge in [-0.1, -0.05) is 12.1 Å². The summed E-state index contributed by atoms with van der Waals surface area (Å²) < 4.78 is 45.9. The van der Waals surface area contributed by atoms with Gasteiger partial charge in [-0.2, -0.15) is 0 Å². The number of nitrogens with zero attached hydrogens (tertiary/aromatic N) is 1. The highest BCUT2D eigenvalue weighted by atomic mass is 19.4. The Kier molecular flexibility index (Phi) is 5.56. The molecule has 3 rings (SSSR count). The van der Waals surface area contributed by atoms with Gasteiger partial charge in [0.25, 0.3) is 0 Å². The van der Waals surface area contributed by atoms with Crippen LogP contribution in [0, 0.1) is 0 Å². The highest BCUT2D eigenvalue weighted by molar-refractivity contribution is 5.58. The summed E-state index contributed by atoms with van der Waals surface area (Å²) in [6.07, 6.45) is -4.65. The SMILES string of the molecule is COc1ccccc1N1CC[NH+](Cc2ccc(OC(F)(F)F)cc2)CC1. The Morgan fingerprint density at radius 3 is 2.27 bits per heavy atom. The van der Waals surface area contributed by atoms with Gasteiger partial charge in [-0.05, 0) is 36.4 Å². The van der Waals surface area contributed by atoms with Gasteiger partial charge >= 0.3 is 6.36 Å². The molecule has 0 unspecified atom stereocenters. The van der Waals surface area contributed by atoms with Gasteiger partial charge in [-0.15, -0.1) is 13.2 Å². The number of anilines is 1. The maximum absolute atomic E-state index is 12.2. The quantitative estimate of drug-likeness (QED) is 0.880. The van der Waals surface area contributed by atoms with Gasteiger partial charge in [0.1, 0.15) is 18.0 Å². The number of alkyl halides is 3. The molecule has 1 aliphatic rings. The van der Waals surface area contributed by atoms with Crippen LogP contribution in [0.15, 0.2) is 48.5 Å². The lowest BCUT2D eigenvalue weighted by Gasteiger charge is -2.34. The van der Waals surface area contributed by atoms with Crippen LogP contribution in [-0.4, -0.2) is 39.7 Å². The van der Waals surface area contributed by atoms with Crippen LogP contribution in [0.1, 0.15) is 5.56 Å². The molecule has 1 heterocycles. The van der Waals surface area contributed by atoms with Crippen molar-refractivity contribution in [3.05, 3.63) is 54.1 Å². The van der Waals surface area contributed by atoms with E-state index < -0.39 is 6.36 Å². The summed E-state index contributed by atoms with van der Waals surface area (Å²) in [5.74, 6) is 0.688. The molecule has 0 radical (unpaired) electrons. The fraction of sp³-hybridized carbons (Fsp3) is 0.368. The number of hydrogen-bond donors (Lipinski definition) is 1. The number of rotatable bonds is 5. The molecular formula is C19H22F3N2O2+. The van der Waals surface area contributed by atoms with E-state index in [0.29, 0.717) is 0 Å². The van der Waals surface area contributed by atoms with Crippen molar-refractivity contribution in [2.75, 3.05) is 38.2 Å².